The van der Waals surface area contributed by atoms with Crippen molar-refractivity contribution < 1.29 is 4.79 Å². The number of rotatable bonds is 6. The second-order valence-electron chi connectivity index (χ2n) is 7.03. The quantitative estimate of drug-likeness (QED) is 0.542. The zero-order valence-corrected chi connectivity index (χ0v) is 14.0. The molecule has 0 amide bonds. The Hall–Kier alpha value is -1.70. The van der Waals surface area contributed by atoms with Crippen LogP contribution < -0.4 is 0 Å². The molecule has 0 bridgehead atoms. The lowest BCUT2D eigenvalue weighted by Crippen LogP contribution is -2.33. The normalized spacial score (nSPS) is 29.8. The summed E-state index contributed by atoms with van der Waals surface area (Å²) in [4.78, 5) is 16.5. The van der Waals surface area contributed by atoms with Crippen LogP contribution >= 0.6 is 0 Å². The first-order valence-electron chi connectivity index (χ1n) is 9.02. The SMILES string of the molecule is CC(=O)[C@H]1[C@@H]2CCC[C@H]2C=C[C@H]1CCCC=Cc1ccccn1. The van der Waals surface area contributed by atoms with Crippen molar-refractivity contribution in [3.63, 3.8) is 0 Å². The highest BCUT2D eigenvalue weighted by Crippen LogP contribution is 2.46. The first-order chi connectivity index (χ1) is 11.3. The average Bonchev–Trinajstić information content (AvgIpc) is 3.03. The van der Waals surface area contributed by atoms with E-state index in [1.165, 1.54) is 19.3 Å². The Kier molecular flexibility index (Phi) is 5.43. The smallest absolute Gasteiger partial charge is 0.133 e. The second-order valence-corrected chi connectivity index (χ2v) is 7.03. The Morgan fingerprint density at radius 1 is 1.30 bits per heavy atom. The van der Waals surface area contributed by atoms with Gasteiger partial charge in [-0.25, -0.2) is 0 Å². The van der Waals surface area contributed by atoms with E-state index in [1.54, 1.807) is 6.92 Å². The molecule has 0 saturated heterocycles. The van der Waals surface area contributed by atoms with Crippen LogP contribution in [0.15, 0.2) is 42.6 Å². The summed E-state index contributed by atoms with van der Waals surface area (Å²) in [5.74, 6) is 2.42. The van der Waals surface area contributed by atoms with Crippen molar-refractivity contribution in [3.05, 3.63) is 48.3 Å². The van der Waals surface area contributed by atoms with Crippen LogP contribution in [0.3, 0.4) is 0 Å². The Bertz CT molecular complexity index is 575. The summed E-state index contributed by atoms with van der Waals surface area (Å²) in [5, 5.41) is 0. The fourth-order valence-electron chi connectivity index (χ4n) is 4.45. The minimum absolute atomic E-state index is 0.271. The zero-order chi connectivity index (χ0) is 16.1. The Balaban J connectivity index is 1.52. The number of aromatic nitrogens is 1. The van der Waals surface area contributed by atoms with Gasteiger partial charge in [-0.1, -0.05) is 30.7 Å². The van der Waals surface area contributed by atoms with E-state index in [9.17, 15) is 4.79 Å². The molecule has 1 aromatic rings. The number of ketones is 1. The van der Waals surface area contributed by atoms with Gasteiger partial charge in [0.2, 0.25) is 0 Å². The van der Waals surface area contributed by atoms with Crippen LogP contribution in [0.25, 0.3) is 6.08 Å². The minimum Gasteiger partial charge on any atom is -0.300 e. The molecular weight excluding hydrogens is 282 g/mol. The standard InChI is InChI=1S/C21H27NO/c1-16(23)21-18(14-13-17-9-7-12-20(17)21)8-3-2-4-10-19-11-5-6-15-22-19/h4-6,10-11,13-15,17-18,20-21H,2-3,7-9,12H2,1H3/t17-,18+,20+,21+/m0/s1. The van der Waals surface area contributed by atoms with Crippen LogP contribution in [0, 0.1) is 23.7 Å². The van der Waals surface area contributed by atoms with Crippen molar-refractivity contribution in [2.75, 3.05) is 0 Å². The molecular formula is C21H27NO. The molecule has 2 aliphatic rings. The molecule has 23 heavy (non-hydrogen) atoms. The average molecular weight is 309 g/mol. The molecule has 2 heteroatoms. The van der Waals surface area contributed by atoms with Crippen LogP contribution in [0.5, 0.6) is 0 Å². The monoisotopic (exact) mass is 309 g/mol. The number of carbonyl (C=O) groups is 1. The van der Waals surface area contributed by atoms with Crippen LogP contribution in [-0.4, -0.2) is 10.8 Å². The lowest BCUT2D eigenvalue weighted by molar-refractivity contribution is -0.124. The molecule has 0 spiro atoms. The number of pyridine rings is 1. The molecule has 0 radical (unpaired) electrons. The van der Waals surface area contributed by atoms with E-state index in [1.807, 2.05) is 24.4 Å². The molecule has 2 aliphatic carbocycles. The van der Waals surface area contributed by atoms with Crippen molar-refractivity contribution in [1.29, 1.82) is 0 Å². The molecule has 0 N–H and O–H groups in total. The number of hydrogen-bond acceptors (Lipinski definition) is 2. The Labute approximate surface area is 139 Å². The summed E-state index contributed by atoms with van der Waals surface area (Å²) in [6, 6.07) is 5.96. The molecule has 1 saturated carbocycles. The van der Waals surface area contributed by atoms with Gasteiger partial charge in [0.1, 0.15) is 5.78 Å². The fraction of sp³-hybridized carbons (Fsp3) is 0.524. The highest BCUT2D eigenvalue weighted by Gasteiger charge is 2.40. The summed E-state index contributed by atoms with van der Waals surface area (Å²) < 4.78 is 0. The third-order valence-electron chi connectivity index (χ3n) is 5.51. The van der Waals surface area contributed by atoms with Gasteiger partial charge in [0.15, 0.2) is 0 Å². The summed E-state index contributed by atoms with van der Waals surface area (Å²) in [7, 11) is 0. The molecule has 1 fully saturated rings. The number of hydrogen-bond donors (Lipinski definition) is 0. The van der Waals surface area contributed by atoms with Gasteiger partial charge in [-0.05, 0) is 75.0 Å². The van der Waals surface area contributed by atoms with Crippen LogP contribution in [0.1, 0.15) is 51.1 Å². The Morgan fingerprint density at radius 3 is 3.00 bits per heavy atom. The van der Waals surface area contributed by atoms with Crippen molar-refractivity contribution in [2.45, 2.75) is 45.4 Å². The van der Waals surface area contributed by atoms with Crippen molar-refractivity contribution in [3.8, 4) is 0 Å². The van der Waals surface area contributed by atoms with Crippen LogP contribution in [0.4, 0.5) is 0 Å². The van der Waals surface area contributed by atoms with E-state index >= 15 is 0 Å². The third kappa shape index (κ3) is 3.99. The van der Waals surface area contributed by atoms with Gasteiger partial charge >= 0.3 is 0 Å². The Morgan fingerprint density at radius 2 is 2.22 bits per heavy atom. The molecule has 1 aromatic heterocycles. The highest BCUT2D eigenvalue weighted by molar-refractivity contribution is 5.79. The summed E-state index contributed by atoms with van der Waals surface area (Å²) >= 11 is 0. The van der Waals surface area contributed by atoms with E-state index in [2.05, 4.69) is 29.3 Å². The van der Waals surface area contributed by atoms with Gasteiger partial charge in [0.25, 0.3) is 0 Å². The fourth-order valence-corrected chi connectivity index (χ4v) is 4.45. The number of allylic oxidation sites excluding steroid dienone is 3. The van der Waals surface area contributed by atoms with E-state index < -0.39 is 0 Å². The number of unbranched alkanes of at least 4 members (excludes halogenated alkanes) is 1. The molecule has 122 valence electrons. The van der Waals surface area contributed by atoms with Gasteiger partial charge in [-0.2, -0.15) is 0 Å². The highest BCUT2D eigenvalue weighted by atomic mass is 16.1. The van der Waals surface area contributed by atoms with Gasteiger partial charge in [0, 0.05) is 12.1 Å². The molecule has 2 nitrogen and oxygen atoms in total. The first-order valence-corrected chi connectivity index (χ1v) is 9.02. The van der Waals surface area contributed by atoms with E-state index in [0.717, 1.165) is 25.0 Å². The number of nitrogens with zero attached hydrogens (tertiary/aromatic N) is 1. The molecule has 0 unspecified atom stereocenters. The predicted octanol–water partition coefficient (Wildman–Crippen LogP) is 5.07. The van der Waals surface area contributed by atoms with E-state index in [0.29, 0.717) is 23.5 Å². The third-order valence-corrected chi connectivity index (χ3v) is 5.51. The molecule has 4 atom stereocenters. The summed E-state index contributed by atoms with van der Waals surface area (Å²) in [6.07, 6.45) is 18.0. The van der Waals surface area contributed by atoms with Gasteiger partial charge in [0.05, 0.1) is 5.69 Å². The van der Waals surface area contributed by atoms with E-state index in [4.69, 9.17) is 0 Å². The molecule has 0 aromatic carbocycles. The number of Topliss-reactive ketones (excluding diaryl/α,β-unsaturated/α-hetero) is 1. The number of fused-ring (bicyclic) bond motifs is 1. The predicted molar refractivity (Wildman–Crippen MR) is 94.8 cm³/mol. The molecule has 1 heterocycles. The van der Waals surface area contributed by atoms with Gasteiger partial charge in [-0.15, -0.1) is 0 Å². The van der Waals surface area contributed by atoms with Crippen LogP contribution in [0.2, 0.25) is 0 Å². The van der Waals surface area contributed by atoms with Crippen molar-refractivity contribution in [1.82, 2.24) is 4.98 Å². The van der Waals surface area contributed by atoms with Crippen molar-refractivity contribution >= 4 is 11.9 Å². The maximum Gasteiger partial charge on any atom is 0.133 e. The lowest BCUT2D eigenvalue weighted by Gasteiger charge is -2.35. The second kappa shape index (κ2) is 7.72. The maximum absolute atomic E-state index is 12.2. The number of carbonyl (C=O) groups excluding carboxylic acids is 1. The maximum atomic E-state index is 12.2. The first kappa shape index (κ1) is 16.2. The lowest BCUT2D eigenvalue weighted by atomic mass is 9.69. The van der Waals surface area contributed by atoms with Crippen LogP contribution in [-0.2, 0) is 4.79 Å². The topological polar surface area (TPSA) is 30.0 Å². The minimum atomic E-state index is 0.271. The van der Waals surface area contributed by atoms with Gasteiger partial charge < -0.3 is 0 Å². The largest absolute Gasteiger partial charge is 0.300 e. The molecule has 0 aliphatic heterocycles. The summed E-state index contributed by atoms with van der Waals surface area (Å²) in [6.45, 7) is 1.80. The molecule has 3 rings (SSSR count). The van der Waals surface area contributed by atoms with Crippen molar-refractivity contribution in [2.24, 2.45) is 23.7 Å². The summed E-state index contributed by atoms with van der Waals surface area (Å²) in [5.41, 5.74) is 1.01. The zero-order valence-electron chi connectivity index (χ0n) is 14.0. The van der Waals surface area contributed by atoms with Gasteiger partial charge in [-0.3, -0.25) is 9.78 Å². The van der Waals surface area contributed by atoms with E-state index in [-0.39, 0.29) is 5.92 Å².